The maximum absolute atomic E-state index is 12.3. The molecule has 0 bridgehead atoms. The Morgan fingerprint density at radius 3 is 2.90 bits per heavy atom. The fourth-order valence-corrected chi connectivity index (χ4v) is 2.91. The Morgan fingerprint density at radius 2 is 2.20 bits per heavy atom. The number of carbonyl (C=O) groups is 1. The molecule has 1 aromatic carbocycles. The maximum atomic E-state index is 12.3. The van der Waals surface area contributed by atoms with E-state index in [1.807, 2.05) is 6.92 Å². The van der Waals surface area contributed by atoms with Gasteiger partial charge in [0.05, 0.1) is 16.8 Å². The molecule has 1 amide bonds. The molecule has 0 aliphatic carbocycles. The van der Waals surface area contributed by atoms with E-state index in [0.717, 1.165) is 19.5 Å². The van der Waals surface area contributed by atoms with Gasteiger partial charge < -0.3 is 5.32 Å². The molecule has 1 saturated heterocycles. The fourth-order valence-electron chi connectivity index (χ4n) is 2.57. The van der Waals surface area contributed by atoms with Crippen molar-refractivity contribution in [3.8, 4) is 0 Å². The Morgan fingerprint density at radius 1 is 1.45 bits per heavy atom. The molecule has 5 heteroatoms. The number of nitrogens with one attached hydrogen (secondary N) is 1. The van der Waals surface area contributed by atoms with E-state index in [1.54, 1.807) is 18.2 Å². The van der Waals surface area contributed by atoms with Crippen molar-refractivity contribution < 1.29 is 4.79 Å². The smallest absolute Gasteiger partial charge is 0.241 e. The molecule has 0 spiro atoms. The number of nitrogens with zero attached hydrogens (tertiary/aromatic N) is 1. The maximum Gasteiger partial charge on any atom is 0.241 e. The zero-order valence-corrected chi connectivity index (χ0v) is 13.3. The second kappa shape index (κ2) is 6.79. The van der Waals surface area contributed by atoms with Gasteiger partial charge in [-0.1, -0.05) is 30.1 Å². The molecule has 0 unspecified atom stereocenters. The number of carbonyl (C=O) groups excluding carboxylic acids is 1. The minimum atomic E-state index is -0.159. The molecule has 1 aliphatic rings. The van der Waals surface area contributed by atoms with Gasteiger partial charge in [-0.3, -0.25) is 9.69 Å². The van der Waals surface area contributed by atoms with E-state index in [9.17, 15) is 4.79 Å². The number of benzene rings is 1. The van der Waals surface area contributed by atoms with Crippen molar-refractivity contribution >= 4 is 34.8 Å². The molecule has 20 heavy (non-hydrogen) atoms. The predicted octanol–water partition coefficient (Wildman–Crippen LogP) is 4.05. The summed E-state index contributed by atoms with van der Waals surface area (Å²) in [5.41, 5.74) is 0.570. The molecule has 1 heterocycles. The zero-order valence-electron chi connectivity index (χ0n) is 11.8. The van der Waals surface area contributed by atoms with Crippen molar-refractivity contribution in [1.82, 2.24) is 4.90 Å². The summed E-state index contributed by atoms with van der Waals surface area (Å²) in [7, 11) is 0. The molecule has 2 rings (SSSR count). The number of halogens is 2. The number of rotatable bonds is 3. The summed E-state index contributed by atoms with van der Waals surface area (Å²) in [5.74, 6) is 0.608. The number of hydrogen-bond donors (Lipinski definition) is 1. The van der Waals surface area contributed by atoms with Crippen LogP contribution in [-0.2, 0) is 4.79 Å². The van der Waals surface area contributed by atoms with Crippen molar-refractivity contribution in [2.75, 3.05) is 18.4 Å². The van der Waals surface area contributed by atoms with Crippen molar-refractivity contribution in [3.63, 3.8) is 0 Å². The molecule has 1 aliphatic heterocycles. The first-order valence-corrected chi connectivity index (χ1v) is 7.73. The average molecular weight is 315 g/mol. The van der Waals surface area contributed by atoms with Gasteiger partial charge in [-0.15, -0.1) is 0 Å². The van der Waals surface area contributed by atoms with Crippen LogP contribution < -0.4 is 5.32 Å². The van der Waals surface area contributed by atoms with E-state index >= 15 is 0 Å². The largest absolute Gasteiger partial charge is 0.323 e. The van der Waals surface area contributed by atoms with Crippen LogP contribution in [0.2, 0.25) is 10.0 Å². The lowest BCUT2D eigenvalue weighted by molar-refractivity contribution is -0.121. The number of amides is 1. The zero-order chi connectivity index (χ0) is 14.7. The summed E-state index contributed by atoms with van der Waals surface area (Å²) in [4.78, 5) is 14.6. The van der Waals surface area contributed by atoms with E-state index in [4.69, 9.17) is 23.2 Å². The summed E-state index contributed by atoms with van der Waals surface area (Å²) in [6.45, 7) is 6.11. The van der Waals surface area contributed by atoms with Crippen molar-refractivity contribution in [2.45, 2.75) is 32.7 Å². The van der Waals surface area contributed by atoms with E-state index in [-0.39, 0.29) is 11.9 Å². The summed E-state index contributed by atoms with van der Waals surface area (Å²) in [6, 6.07) is 4.91. The highest BCUT2D eigenvalue weighted by molar-refractivity contribution is 6.35. The molecule has 1 fully saturated rings. The summed E-state index contributed by atoms with van der Waals surface area (Å²) in [5, 5.41) is 3.93. The number of likely N-dealkylation sites (tertiary alicyclic amines) is 1. The third-order valence-corrected chi connectivity index (χ3v) is 4.37. The van der Waals surface area contributed by atoms with Crippen molar-refractivity contribution in [3.05, 3.63) is 28.2 Å². The van der Waals surface area contributed by atoms with Crippen LogP contribution in [0.1, 0.15) is 26.7 Å². The fraction of sp³-hybridized carbons (Fsp3) is 0.533. The van der Waals surface area contributed by atoms with Crippen LogP contribution in [0.5, 0.6) is 0 Å². The monoisotopic (exact) mass is 314 g/mol. The molecular weight excluding hydrogens is 295 g/mol. The molecule has 2 atom stereocenters. The van der Waals surface area contributed by atoms with Gasteiger partial charge in [0.1, 0.15) is 0 Å². The molecule has 0 radical (unpaired) electrons. The Balaban J connectivity index is 2.02. The third-order valence-electron chi connectivity index (χ3n) is 3.80. The number of piperidine rings is 1. The first-order chi connectivity index (χ1) is 9.47. The summed E-state index contributed by atoms with van der Waals surface area (Å²) < 4.78 is 0. The molecule has 1 aromatic rings. The second-order valence-corrected chi connectivity index (χ2v) is 6.38. The lowest BCUT2D eigenvalue weighted by Gasteiger charge is -2.34. The minimum absolute atomic E-state index is 0.0386. The SMILES string of the molecule is C[C@H]1CCCN([C@H](C)C(=O)Nc2cc(Cl)ccc2Cl)C1. The quantitative estimate of drug-likeness (QED) is 0.912. The van der Waals surface area contributed by atoms with E-state index < -0.39 is 0 Å². The topological polar surface area (TPSA) is 32.3 Å². The lowest BCUT2D eigenvalue weighted by Crippen LogP contribution is -2.46. The average Bonchev–Trinajstić information content (AvgIpc) is 2.42. The Kier molecular flexibility index (Phi) is 5.30. The van der Waals surface area contributed by atoms with E-state index in [1.165, 1.54) is 6.42 Å². The van der Waals surface area contributed by atoms with E-state index in [0.29, 0.717) is 21.7 Å². The normalized spacial score (nSPS) is 21.5. The Labute approximate surface area is 130 Å². The highest BCUT2D eigenvalue weighted by Crippen LogP contribution is 2.26. The van der Waals surface area contributed by atoms with Gasteiger partial charge in [-0.25, -0.2) is 0 Å². The first-order valence-electron chi connectivity index (χ1n) is 6.97. The van der Waals surface area contributed by atoms with Crippen LogP contribution in [0.3, 0.4) is 0 Å². The van der Waals surface area contributed by atoms with Crippen LogP contribution in [0.15, 0.2) is 18.2 Å². The highest BCUT2D eigenvalue weighted by atomic mass is 35.5. The van der Waals surface area contributed by atoms with Gasteiger partial charge in [0.25, 0.3) is 0 Å². The first kappa shape index (κ1) is 15.6. The van der Waals surface area contributed by atoms with Crippen LogP contribution in [0.4, 0.5) is 5.69 Å². The van der Waals surface area contributed by atoms with Crippen LogP contribution in [0, 0.1) is 5.92 Å². The van der Waals surface area contributed by atoms with Crippen molar-refractivity contribution in [2.24, 2.45) is 5.92 Å². The highest BCUT2D eigenvalue weighted by Gasteiger charge is 2.25. The second-order valence-electron chi connectivity index (χ2n) is 5.53. The van der Waals surface area contributed by atoms with Gasteiger partial charge in [0.15, 0.2) is 0 Å². The summed E-state index contributed by atoms with van der Waals surface area (Å²) in [6.07, 6.45) is 2.39. The predicted molar refractivity (Wildman–Crippen MR) is 84.5 cm³/mol. The van der Waals surface area contributed by atoms with Gasteiger partial charge in [-0.2, -0.15) is 0 Å². The molecule has 0 aromatic heterocycles. The Bertz CT molecular complexity index is 493. The Hall–Kier alpha value is -0.770. The molecule has 3 nitrogen and oxygen atoms in total. The number of hydrogen-bond acceptors (Lipinski definition) is 2. The number of anilines is 1. The standard InChI is InChI=1S/C15H20Cl2N2O/c1-10-4-3-7-19(9-10)11(2)15(20)18-14-8-12(16)5-6-13(14)17/h5-6,8,10-11H,3-4,7,9H2,1-2H3,(H,18,20)/t10-,11+/m0/s1. The van der Waals surface area contributed by atoms with Gasteiger partial charge >= 0.3 is 0 Å². The lowest BCUT2D eigenvalue weighted by atomic mass is 9.99. The van der Waals surface area contributed by atoms with Gasteiger partial charge in [-0.05, 0) is 50.4 Å². The molecule has 1 N–H and O–H groups in total. The van der Waals surface area contributed by atoms with Gasteiger partial charge in [0.2, 0.25) is 5.91 Å². The van der Waals surface area contributed by atoms with Gasteiger partial charge in [0, 0.05) is 11.6 Å². The van der Waals surface area contributed by atoms with Crippen LogP contribution >= 0.6 is 23.2 Å². The summed E-state index contributed by atoms with van der Waals surface area (Å²) >= 11 is 12.0. The molecule has 110 valence electrons. The molecular formula is C15H20Cl2N2O. The van der Waals surface area contributed by atoms with Crippen LogP contribution in [0.25, 0.3) is 0 Å². The minimum Gasteiger partial charge on any atom is -0.323 e. The van der Waals surface area contributed by atoms with E-state index in [2.05, 4.69) is 17.1 Å². The van der Waals surface area contributed by atoms with Crippen LogP contribution in [-0.4, -0.2) is 29.9 Å². The third kappa shape index (κ3) is 3.87. The molecule has 0 saturated carbocycles. The van der Waals surface area contributed by atoms with Crippen molar-refractivity contribution in [1.29, 1.82) is 0 Å².